The largest absolute Gasteiger partial charge is 0.389 e. The molecular weight excluding hydrogens is 240 g/mol. The average molecular weight is 260 g/mol. The molecule has 1 heterocycles. The molecule has 0 saturated carbocycles. The number of hydrogen-bond donors (Lipinski definition) is 2. The molecule has 0 aliphatic rings. The number of anilines is 1. The minimum Gasteiger partial charge on any atom is -0.389 e. The second-order valence-corrected chi connectivity index (χ2v) is 4.64. The SMILES string of the molecule is CCNc1snnc1CN(C)CC(O)COC. The first-order valence-electron chi connectivity index (χ1n) is 5.58. The lowest BCUT2D eigenvalue weighted by Crippen LogP contribution is -2.31. The topological polar surface area (TPSA) is 70.5 Å². The van der Waals surface area contributed by atoms with Crippen LogP contribution in [0.15, 0.2) is 0 Å². The molecule has 0 amide bonds. The second-order valence-electron chi connectivity index (χ2n) is 3.89. The zero-order valence-electron chi connectivity index (χ0n) is 10.5. The van der Waals surface area contributed by atoms with Crippen molar-refractivity contribution in [3.63, 3.8) is 0 Å². The van der Waals surface area contributed by atoms with Gasteiger partial charge in [-0.15, -0.1) is 5.10 Å². The summed E-state index contributed by atoms with van der Waals surface area (Å²) in [4.78, 5) is 2.00. The first kappa shape index (κ1) is 14.3. The molecule has 0 aromatic carbocycles. The summed E-state index contributed by atoms with van der Waals surface area (Å²) in [5.74, 6) is 0. The molecule has 2 N–H and O–H groups in total. The van der Waals surface area contributed by atoms with Crippen LogP contribution in [0.2, 0.25) is 0 Å². The summed E-state index contributed by atoms with van der Waals surface area (Å²) in [6.07, 6.45) is -0.473. The van der Waals surface area contributed by atoms with E-state index >= 15 is 0 Å². The number of methoxy groups -OCH3 is 1. The molecule has 0 aliphatic heterocycles. The first-order valence-corrected chi connectivity index (χ1v) is 6.35. The molecule has 6 nitrogen and oxygen atoms in total. The van der Waals surface area contributed by atoms with Crippen LogP contribution in [-0.4, -0.2) is 59.6 Å². The van der Waals surface area contributed by atoms with Gasteiger partial charge in [0.05, 0.1) is 12.7 Å². The van der Waals surface area contributed by atoms with Gasteiger partial charge in [0.25, 0.3) is 0 Å². The van der Waals surface area contributed by atoms with Crippen LogP contribution in [0, 0.1) is 0 Å². The fraction of sp³-hybridized carbons (Fsp3) is 0.800. The maximum atomic E-state index is 9.61. The summed E-state index contributed by atoms with van der Waals surface area (Å²) in [5.41, 5.74) is 0.920. The maximum absolute atomic E-state index is 9.61. The number of aliphatic hydroxyl groups is 1. The molecule has 1 aromatic heterocycles. The molecule has 0 bridgehead atoms. The molecule has 1 rings (SSSR count). The van der Waals surface area contributed by atoms with Crippen molar-refractivity contribution in [2.45, 2.75) is 19.6 Å². The van der Waals surface area contributed by atoms with E-state index in [2.05, 4.69) is 14.9 Å². The Morgan fingerprint density at radius 1 is 1.59 bits per heavy atom. The number of aliphatic hydroxyl groups excluding tert-OH is 1. The van der Waals surface area contributed by atoms with Gasteiger partial charge in [-0.05, 0) is 14.0 Å². The smallest absolute Gasteiger partial charge is 0.134 e. The summed E-state index contributed by atoms with van der Waals surface area (Å²) in [6.45, 7) is 4.46. The van der Waals surface area contributed by atoms with Gasteiger partial charge in [0.2, 0.25) is 0 Å². The summed E-state index contributed by atoms with van der Waals surface area (Å²) in [5, 5.41) is 17.9. The van der Waals surface area contributed by atoms with Crippen LogP contribution in [0.1, 0.15) is 12.6 Å². The lowest BCUT2D eigenvalue weighted by atomic mass is 10.3. The second kappa shape index (κ2) is 7.54. The summed E-state index contributed by atoms with van der Waals surface area (Å²) < 4.78 is 8.81. The van der Waals surface area contributed by atoms with Gasteiger partial charge < -0.3 is 15.2 Å². The quantitative estimate of drug-likeness (QED) is 0.705. The fourth-order valence-corrected chi connectivity index (χ4v) is 2.17. The predicted molar refractivity (Wildman–Crippen MR) is 68.3 cm³/mol. The van der Waals surface area contributed by atoms with E-state index in [0.29, 0.717) is 19.7 Å². The molecular formula is C10H20N4O2S. The molecule has 0 saturated heterocycles. The van der Waals surface area contributed by atoms with E-state index in [-0.39, 0.29) is 0 Å². The predicted octanol–water partition coefficient (Wildman–Crippen LogP) is 0.409. The number of ether oxygens (including phenoxy) is 1. The maximum Gasteiger partial charge on any atom is 0.134 e. The van der Waals surface area contributed by atoms with Crippen LogP contribution in [0.4, 0.5) is 5.00 Å². The lowest BCUT2D eigenvalue weighted by molar-refractivity contribution is 0.0417. The minimum absolute atomic E-state index is 0.347. The fourth-order valence-electron chi connectivity index (χ4n) is 1.53. The Bertz CT molecular complexity index is 321. The van der Waals surface area contributed by atoms with E-state index in [1.54, 1.807) is 7.11 Å². The molecule has 1 unspecified atom stereocenters. The Balaban J connectivity index is 2.44. The van der Waals surface area contributed by atoms with E-state index < -0.39 is 6.10 Å². The van der Waals surface area contributed by atoms with Gasteiger partial charge in [-0.3, -0.25) is 4.90 Å². The van der Waals surface area contributed by atoms with Crippen LogP contribution in [0.3, 0.4) is 0 Å². The third-order valence-corrected chi connectivity index (χ3v) is 2.92. The Hall–Kier alpha value is -0.760. The molecule has 0 aliphatic carbocycles. The highest BCUT2D eigenvalue weighted by molar-refractivity contribution is 7.10. The highest BCUT2D eigenvalue weighted by Gasteiger charge is 2.12. The van der Waals surface area contributed by atoms with Crippen molar-refractivity contribution in [2.75, 3.05) is 39.2 Å². The van der Waals surface area contributed by atoms with Crippen molar-refractivity contribution in [3.8, 4) is 0 Å². The van der Waals surface area contributed by atoms with Crippen molar-refractivity contribution in [2.24, 2.45) is 0 Å². The molecule has 7 heteroatoms. The van der Waals surface area contributed by atoms with E-state index in [1.165, 1.54) is 11.5 Å². The third-order valence-electron chi connectivity index (χ3n) is 2.19. The molecule has 0 spiro atoms. The molecule has 0 radical (unpaired) electrons. The van der Waals surface area contributed by atoms with E-state index in [9.17, 15) is 5.11 Å². The Morgan fingerprint density at radius 3 is 3.00 bits per heavy atom. The van der Waals surface area contributed by atoms with Gasteiger partial charge >= 0.3 is 0 Å². The van der Waals surface area contributed by atoms with Crippen LogP contribution < -0.4 is 5.32 Å². The zero-order valence-corrected chi connectivity index (χ0v) is 11.3. The normalized spacial score (nSPS) is 13.0. The van der Waals surface area contributed by atoms with Crippen LogP contribution >= 0.6 is 11.5 Å². The number of rotatable bonds is 8. The standard InChI is InChI=1S/C10H20N4O2S/c1-4-11-10-9(12-13-17-10)6-14(2)5-8(15)7-16-3/h8,11,15H,4-7H2,1-3H3. The number of nitrogens with one attached hydrogen (secondary N) is 1. The van der Waals surface area contributed by atoms with Gasteiger partial charge in [-0.25, -0.2) is 0 Å². The summed E-state index contributed by atoms with van der Waals surface area (Å²) in [6, 6.07) is 0. The van der Waals surface area contributed by atoms with Gasteiger partial charge in [-0.2, -0.15) is 0 Å². The minimum atomic E-state index is -0.473. The number of nitrogens with zero attached hydrogens (tertiary/aromatic N) is 3. The molecule has 17 heavy (non-hydrogen) atoms. The lowest BCUT2D eigenvalue weighted by Gasteiger charge is -2.19. The molecule has 1 aromatic rings. The summed E-state index contributed by atoms with van der Waals surface area (Å²) >= 11 is 1.36. The van der Waals surface area contributed by atoms with Gasteiger partial charge in [0.1, 0.15) is 10.7 Å². The zero-order chi connectivity index (χ0) is 12.7. The number of aromatic nitrogens is 2. The molecule has 98 valence electrons. The molecule has 1 atom stereocenters. The third kappa shape index (κ3) is 4.95. The van der Waals surface area contributed by atoms with Crippen molar-refractivity contribution in [3.05, 3.63) is 5.69 Å². The van der Waals surface area contributed by atoms with Gasteiger partial charge in [0.15, 0.2) is 0 Å². The monoisotopic (exact) mass is 260 g/mol. The average Bonchev–Trinajstić information content (AvgIpc) is 2.66. The van der Waals surface area contributed by atoms with Crippen LogP contribution in [0.25, 0.3) is 0 Å². The number of hydrogen-bond acceptors (Lipinski definition) is 7. The van der Waals surface area contributed by atoms with Gasteiger partial charge in [0, 0.05) is 38.3 Å². The Labute approximate surface area is 106 Å². The highest BCUT2D eigenvalue weighted by Crippen LogP contribution is 2.18. The van der Waals surface area contributed by atoms with Crippen molar-refractivity contribution < 1.29 is 9.84 Å². The summed E-state index contributed by atoms with van der Waals surface area (Å²) in [7, 11) is 3.52. The van der Waals surface area contributed by atoms with Gasteiger partial charge in [-0.1, -0.05) is 4.49 Å². The Kier molecular flexibility index (Phi) is 6.35. The van der Waals surface area contributed by atoms with Crippen LogP contribution in [-0.2, 0) is 11.3 Å². The Morgan fingerprint density at radius 2 is 2.35 bits per heavy atom. The number of likely N-dealkylation sites (N-methyl/N-ethyl adjacent to an activating group) is 1. The van der Waals surface area contributed by atoms with E-state index in [4.69, 9.17) is 4.74 Å². The van der Waals surface area contributed by atoms with Crippen molar-refractivity contribution in [1.29, 1.82) is 0 Å². The van der Waals surface area contributed by atoms with Crippen molar-refractivity contribution in [1.82, 2.24) is 14.5 Å². The first-order chi connectivity index (χ1) is 8.17. The van der Waals surface area contributed by atoms with E-state index in [1.807, 2.05) is 18.9 Å². The molecule has 0 fully saturated rings. The van der Waals surface area contributed by atoms with Crippen LogP contribution in [0.5, 0.6) is 0 Å². The van der Waals surface area contributed by atoms with E-state index in [0.717, 1.165) is 17.2 Å². The highest BCUT2D eigenvalue weighted by atomic mass is 32.1. The van der Waals surface area contributed by atoms with Crippen molar-refractivity contribution >= 4 is 16.5 Å².